The van der Waals surface area contributed by atoms with Gasteiger partial charge in [-0.1, -0.05) is 0 Å². The minimum atomic E-state index is -1.93. The fraction of sp³-hybridized carbons (Fsp3) is 1.00. The second-order valence-corrected chi connectivity index (χ2v) is 7.49. The number of hydrogen-bond acceptors (Lipinski definition) is 5. The van der Waals surface area contributed by atoms with Crippen LogP contribution in [0.1, 0.15) is 12.8 Å². The van der Waals surface area contributed by atoms with Crippen molar-refractivity contribution in [3.63, 3.8) is 0 Å². The molecular weight excluding hydrogens is 228 g/mol. The molecule has 5 nitrogen and oxygen atoms in total. The Labute approximate surface area is 98.6 Å². The molecule has 6 heteroatoms. The molecule has 2 N–H and O–H groups in total. The maximum absolute atomic E-state index is 9.01. The first kappa shape index (κ1) is 16.0. The van der Waals surface area contributed by atoms with Gasteiger partial charge in [0.15, 0.2) is 0 Å². The predicted molar refractivity (Wildman–Crippen MR) is 63.6 cm³/mol. The van der Waals surface area contributed by atoms with Crippen LogP contribution in [0.15, 0.2) is 0 Å². The van der Waals surface area contributed by atoms with Gasteiger partial charge in [-0.15, -0.1) is 0 Å². The van der Waals surface area contributed by atoms with Crippen LogP contribution < -0.4 is 0 Å². The van der Waals surface area contributed by atoms with Crippen molar-refractivity contribution in [2.75, 3.05) is 34.0 Å². The molecule has 0 aromatic rings. The largest absolute Gasteiger partial charge is 0.398 e. The smallest absolute Gasteiger partial charge is 0.334 e. The molecular formula is C10H24O5Si. The lowest BCUT2D eigenvalue weighted by molar-refractivity contribution is 0.00547. The second kappa shape index (κ2) is 9.09. The van der Waals surface area contributed by atoms with E-state index in [1.54, 1.807) is 14.2 Å². The third kappa shape index (κ3) is 7.32. The summed E-state index contributed by atoms with van der Waals surface area (Å²) in [5.74, 6) is 0. The van der Waals surface area contributed by atoms with Crippen LogP contribution in [0.3, 0.4) is 0 Å². The highest BCUT2D eigenvalue weighted by Gasteiger charge is 2.27. The fourth-order valence-electron chi connectivity index (χ4n) is 1.21. The third-order valence-corrected chi connectivity index (χ3v) is 5.54. The summed E-state index contributed by atoms with van der Waals surface area (Å²) in [6, 6.07) is 0.936. The molecule has 0 aromatic carbocycles. The zero-order chi connectivity index (χ0) is 12.4. The Bertz CT molecular complexity index is 163. The van der Waals surface area contributed by atoms with Gasteiger partial charge in [-0.25, -0.2) is 0 Å². The van der Waals surface area contributed by atoms with Crippen LogP contribution in [0.2, 0.25) is 12.6 Å². The van der Waals surface area contributed by atoms with Crippen LogP contribution in [0.4, 0.5) is 0 Å². The van der Waals surface area contributed by atoms with Gasteiger partial charge in [-0.05, 0) is 25.4 Å². The lowest BCUT2D eigenvalue weighted by Crippen LogP contribution is -2.35. The molecule has 1 atom stereocenters. The van der Waals surface area contributed by atoms with Gasteiger partial charge in [0.05, 0.1) is 13.2 Å². The van der Waals surface area contributed by atoms with Crippen molar-refractivity contribution >= 4 is 8.56 Å². The van der Waals surface area contributed by atoms with Gasteiger partial charge in [0.1, 0.15) is 6.10 Å². The van der Waals surface area contributed by atoms with Gasteiger partial charge < -0.3 is 23.8 Å². The Hall–Kier alpha value is 0.0169. The van der Waals surface area contributed by atoms with Crippen molar-refractivity contribution in [1.82, 2.24) is 0 Å². The number of ether oxygens (including phenoxy) is 1. The van der Waals surface area contributed by atoms with Gasteiger partial charge in [0.2, 0.25) is 0 Å². The number of aliphatic hydroxyl groups is 2. The maximum Gasteiger partial charge on any atom is 0.334 e. The van der Waals surface area contributed by atoms with Crippen molar-refractivity contribution in [3.8, 4) is 0 Å². The molecule has 0 bridgehead atoms. The standard InChI is InChI=1S/C10H24O5Si/c1-13-16(3,14-2)7-5-4-6-15-9-10(12)8-11/h10-12H,4-9H2,1-3H3. The Morgan fingerprint density at radius 3 is 2.31 bits per heavy atom. The summed E-state index contributed by atoms with van der Waals surface area (Å²) in [5, 5.41) is 17.6. The SMILES string of the molecule is CO[Si](C)(CCCCOCC(O)CO)OC. The molecule has 0 heterocycles. The molecule has 1 unspecified atom stereocenters. The van der Waals surface area contributed by atoms with E-state index in [1.807, 2.05) is 6.55 Å². The molecule has 16 heavy (non-hydrogen) atoms. The van der Waals surface area contributed by atoms with Crippen LogP contribution in [0.25, 0.3) is 0 Å². The van der Waals surface area contributed by atoms with E-state index in [4.69, 9.17) is 23.8 Å². The van der Waals surface area contributed by atoms with E-state index in [0.29, 0.717) is 6.61 Å². The zero-order valence-electron chi connectivity index (χ0n) is 10.4. The normalized spacial score (nSPS) is 14.1. The molecule has 0 saturated carbocycles. The molecule has 0 spiro atoms. The molecule has 0 aliphatic carbocycles. The second-order valence-electron chi connectivity index (χ2n) is 3.91. The quantitative estimate of drug-likeness (QED) is 0.438. The zero-order valence-corrected chi connectivity index (χ0v) is 11.4. The van der Waals surface area contributed by atoms with Crippen LogP contribution in [-0.4, -0.2) is 58.9 Å². The van der Waals surface area contributed by atoms with Crippen LogP contribution in [0.5, 0.6) is 0 Å². The topological polar surface area (TPSA) is 68.2 Å². The van der Waals surface area contributed by atoms with Crippen LogP contribution >= 0.6 is 0 Å². The van der Waals surface area contributed by atoms with Crippen molar-refractivity contribution in [3.05, 3.63) is 0 Å². The van der Waals surface area contributed by atoms with E-state index in [9.17, 15) is 0 Å². The minimum absolute atomic E-state index is 0.194. The summed E-state index contributed by atoms with van der Waals surface area (Å²) in [7, 11) is 1.44. The van der Waals surface area contributed by atoms with Gasteiger partial charge >= 0.3 is 8.56 Å². The highest BCUT2D eigenvalue weighted by Crippen LogP contribution is 2.14. The molecule has 0 amide bonds. The summed E-state index contributed by atoms with van der Waals surface area (Å²) >= 11 is 0. The highest BCUT2D eigenvalue weighted by molar-refractivity contribution is 6.65. The first-order valence-corrected chi connectivity index (χ1v) is 8.07. The summed E-state index contributed by atoms with van der Waals surface area (Å²) in [6.07, 6.45) is 1.13. The van der Waals surface area contributed by atoms with E-state index in [0.717, 1.165) is 18.9 Å². The first-order chi connectivity index (χ1) is 7.58. The minimum Gasteiger partial charge on any atom is -0.398 e. The first-order valence-electron chi connectivity index (χ1n) is 5.55. The van der Waals surface area contributed by atoms with Gasteiger partial charge in [0.25, 0.3) is 0 Å². The monoisotopic (exact) mass is 252 g/mol. The van der Waals surface area contributed by atoms with Crippen molar-refractivity contribution in [1.29, 1.82) is 0 Å². The fourth-order valence-corrected chi connectivity index (χ4v) is 2.68. The number of unbranched alkanes of at least 4 members (excludes halogenated alkanes) is 1. The Morgan fingerprint density at radius 1 is 1.19 bits per heavy atom. The lowest BCUT2D eigenvalue weighted by Gasteiger charge is -2.22. The summed E-state index contributed by atoms with van der Waals surface area (Å²) < 4.78 is 15.9. The number of rotatable bonds is 10. The molecule has 98 valence electrons. The molecule has 0 radical (unpaired) electrons. The molecule has 0 saturated heterocycles. The Balaban J connectivity index is 3.39. The van der Waals surface area contributed by atoms with E-state index >= 15 is 0 Å². The van der Waals surface area contributed by atoms with Crippen LogP contribution in [-0.2, 0) is 13.6 Å². The van der Waals surface area contributed by atoms with Crippen LogP contribution in [0, 0.1) is 0 Å². The number of hydrogen-bond donors (Lipinski definition) is 2. The lowest BCUT2D eigenvalue weighted by atomic mass is 10.3. The molecule has 0 aliphatic rings. The van der Waals surface area contributed by atoms with Crippen molar-refractivity contribution in [2.45, 2.75) is 31.5 Å². The molecule has 0 rings (SSSR count). The molecule has 0 fully saturated rings. The van der Waals surface area contributed by atoms with Gasteiger partial charge in [0, 0.05) is 20.8 Å². The van der Waals surface area contributed by atoms with Crippen molar-refractivity contribution in [2.24, 2.45) is 0 Å². The van der Waals surface area contributed by atoms with E-state index < -0.39 is 14.7 Å². The van der Waals surface area contributed by atoms with E-state index in [2.05, 4.69) is 0 Å². The predicted octanol–water partition coefficient (Wildman–Crippen LogP) is 0.501. The number of aliphatic hydroxyl groups excluding tert-OH is 2. The Kier molecular flexibility index (Phi) is 9.10. The average molecular weight is 252 g/mol. The maximum atomic E-state index is 9.01. The summed E-state index contributed by atoms with van der Waals surface area (Å²) in [5.41, 5.74) is 0. The van der Waals surface area contributed by atoms with Gasteiger partial charge in [-0.3, -0.25) is 0 Å². The molecule has 0 aliphatic heterocycles. The van der Waals surface area contributed by atoms with Crippen molar-refractivity contribution < 1.29 is 23.8 Å². The average Bonchev–Trinajstić information content (AvgIpc) is 2.32. The van der Waals surface area contributed by atoms with E-state index in [-0.39, 0.29) is 13.2 Å². The summed E-state index contributed by atoms with van der Waals surface area (Å²) in [6.45, 7) is 2.57. The van der Waals surface area contributed by atoms with Gasteiger partial charge in [-0.2, -0.15) is 0 Å². The Morgan fingerprint density at radius 2 is 1.81 bits per heavy atom. The highest BCUT2D eigenvalue weighted by atomic mass is 28.4. The van der Waals surface area contributed by atoms with E-state index in [1.165, 1.54) is 0 Å². The molecule has 0 aromatic heterocycles. The third-order valence-electron chi connectivity index (χ3n) is 2.55. The summed E-state index contributed by atoms with van der Waals surface area (Å²) in [4.78, 5) is 0.